The van der Waals surface area contributed by atoms with Gasteiger partial charge in [-0.15, -0.1) is 0 Å². The van der Waals surface area contributed by atoms with E-state index in [0.717, 1.165) is 34.4 Å². The molecule has 4 unspecified atom stereocenters. The molecule has 6 rings (SSSR count). The fourth-order valence-electron chi connectivity index (χ4n) is 5.25. The van der Waals surface area contributed by atoms with Crippen molar-refractivity contribution in [1.82, 2.24) is 39.0 Å². The number of ether oxygens (including phenoxy) is 2. The van der Waals surface area contributed by atoms with E-state index in [1.165, 1.54) is 0 Å². The van der Waals surface area contributed by atoms with Gasteiger partial charge in [-0.2, -0.15) is 0 Å². The maximum absolute atomic E-state index is 15.0. The molecule has 54 heavy (non-hydrogen) atoms. The van der Waals surface area contributed by atoms with Crippen molar-refractivity contribution in [1.29, 1.82) is 0 Å². The van der Waals surface area contributed by atoms with Gasteiger partial charge in [0.15, 0.2) is 35.4 Å². The smallest absolute Gasteiger partial charge is 0.387 e. The number of aromatic nitrogens is 8. The number of fused-ring (bicyclic) bond motifs is 2. The maximum Gasteiger partial charge on any atom is 0.479 e. The zero-order valence-corrected chi connectivity index (χ0v) is 30.1. The number of hydrogen-bond donors (Lipinski definition) is 10. The van der Waals surface area contributed by atoms with Gasteiger partial charge in [0.2, 0.25) is 0 Å². The van der Waals surface area contributed by atoms with E-state index in [1.54, 1.807) is 0 Å². The molecular weight excluding hydrogens is 823 g/mol. The van der Waals surface area contributed by atoms with Crippen LogP contribution in [0.2, 0.25) is 0 Å². The van der Waals surface area contributed by atoms with E-state index < -0.39 is 98.8 Å². The zero-order chi connectivity index (χ0) is 39.5. The lowest BCUT2D eigenvalue weighted by molar-refractivity contribution is -0.0502. The lowest BCUT2D eigenvalue weighted by atomic mass is 10.1. The number of alkyl halides is 1. The van der Waals surface area contributed by atoms with Gasteiger partial charge in [-0.25, -0.2) is 52.0 Å². The molecule has 0 bridgehead atoms. The number of phosphoric ester groups is 2. The van der Waals surface area contributed by atoms with E-state index in [2.05, 4.69) is 47.6 Å². The molecule has 6 heterocycles. The highest BCUT2D eigenvalue weighted by atomic mass is 31.3. The Hall–Kier alpha value is -3.01. The Labute approximate surface area is 298 Å². The Morgan fingerprint density at radius 3 is 1.41 bits per heavy atom. The van der Waals surface area contributed by atoms with Crippen LogP contribution in [-0.4, -0.2) is 135 Å². The molecule has 0 spiro atoms. The summed E-state index contributed by atoms with van der Waals surface area (Å²) in [5, 5.41) is 41.8. The van der Waals surface area contributed by atoms with Crippen LogP contribution in [0.15, 0.2) is 25.3 Å². The van der Waals surface area contributed by atoms with E-state index in [9.17, 15) is 62.7 Å². The fourth-order valence-corrected chi connectivity index (χ4v) is 11.5. The topological polar surface area (TPSA) is 425 Å². The highest BCUT2D eigenvalue weighted by Gasteiger charge is 2.56. The monoisotopic (exact) mass is 852 g/mol. The number of aliphatic hydroxyl groups is 4. The highest BCUT2D eigenvalue weighted by Crippen LogP contribution is 2.75. The molecule has 0 radical (unpaired) electrons. The number of rotatable bonds is 14. The number of nitrogens with two attached hydrogens (primary N) is 2. The van der Waals surface area contributed by atoms with Gasteiger partial charge in [0, 0.05) is 0 Å². The molecule has 0 aliphatic carbocycles. The molecule has 0 aromatic carbocycles. The van der Waals surface area contributed by atoms with Crippen LogP contribution in [0, 0.1) is 0 Å². The predicted octanol–water partition coefficient (Wildman–Crippen LogP) is -2.04. The SMILES string of the molecule is Nc1ncnc2c1ncn2[C@@H]1O[C@H](COP(=O)(O)OP(=O)(O)C(F)P(=O)(O)OP(=O)(O)OC[C@H]2O[C@@H](n3cnc4c(N)ncnc43)[C@H](O)[C@@H]2O)[C@@H](O)[C@H]1O. The second-order valence-corrected chi connectivity index (χ2v) is 18.7. The molecule has 0 saturated carbocycles. The summed E-state index contributed by atoms with van der Waals surface area (Å²) in [6.07, 6.45) is -9.04. The summed E-state index contributed by atoms with van der Waals surface area (Å²) in [5.74, 6) is -0.0674. The first kappa shape index (κ1) is 40.6. The predicted molar refractivity (Wildman–Crippen MR) is 170 cm³/mol. The van der Waals surface area contributed by atoms with E-state index in [1.807, 2.05) is 0 Å². The van der Waals surface area contributed by atoms with Crippen LogP contribution < -0.4 is 11.5 Å². The van der Waals surface area contributed by atoms with Crippen molar-refractivity contribution in [2.45, 2.75) is 54.7 Å². The molecule has 0 amide bonds. The Balaban J connectivity index is 1.04. The first-order valence-corrected chi connectivity index (χ1v) is 21.0. The van der Waals surface area contributed by atoms with Gasteiger partial charge in [0.25, 0.3) is 0 Å². The third kappa shape index (κ3) is 7.97. The van der Waals surface area contributed by atoms with Gasteiger partial charge in [-0.3, -0.25) is 27.3 Å². The largest absolute Gasteiger partial charge is 0.479 e. The van der Waals surface area contributed by atoms with Crippen LogP contribution in [0.3, 0.4) is 0 Å². The lowest BCUT2D eigenvalue weighted by Gasteiger charge is -2.24. The molecule has 4 aromatic heterocycles. The van der Waals surface area contributed by atoms with Crippen molar-refractivity contribution in [2.24, 2.45) is 0 Å². The number of phosphoric acid groups is 2. The van der Waals surface area contributed by atoms with Gasteiger partial charge in [-0.1, -0.05) is 0 Å². The molecule has 298 valence electrons. The molecule has 28 nitrogen and oxygen atoms in total. The normalized spacial score (nSPS) is 31.2. The number of halogens is 1. The first-order valence-electron chi connectivity index (χ1n) is 14.7. The van der Waals surface area contributed by atoms with Crippen LogP contribution >= 0.6 is 30.8 Å². The lowest BCUT2D eigenvalue weighted by Crippen LogP contribution is -2.33. The standard InChI is InChI=1S/C21H29FN10O18P4/c22-21(51(37,38)49-53(41,42)45-1-7-11(33)13(35)19(47-7)31-5-29-9-15(23)25-3-27-17(9)31)52(39,40)50-54(43,44)46-2-8-12(34)14(36)20(48-8)32-6-30-10-16(24)26-4-28-18(10)32/h3-8,11-14,19-21,33-36H,1-2H2,(H,37,38)(H,39,40)(H,41,42)(H,43,44)(H2,23,25,27)(H2,24,26,28)/t7-,8-,11-,12-,13-,14-,19-,20-/m1/s1. The van der Waals surface area contributed by atoms with E-state index in [-0.39, 0.29) is 34.0 Å². The number of hydrogen-bond acceptors (Lipinski definition) is 22. The second kappa shape index (κ2) is 14.8. The van der Waals surface area contributed by atoms with Crippen molar-refractivity contribution in [3.05, 3.63) is 25.3 Å². The van der Waals surface area contributed by atoms with Crippen molar-refractivity contribution in [2.75, 3.05) is 24.7 Å². The zero-order valence-electron chi connectivity index (χ0n) is 26.5. The number of anilines is 2. The van der Waals surface area contributed by atoms with Crippen molar-refractivity contribution < 1.29 is 89.8 Å². The molecular formula is C21H29FN10O18P4. The first-order chi connectivity index (χ1) is 25.1. The number of nitrogen functional groups attached to an aromatic ring is 2. The number of aliphatic hydroxyl groups excluding tert-OH is 4. The van der Waals surface area contributed by atoms with E-state index in [4.69, 9.17) is 20.9 Å². The van der Waals surface area contributed by atoms with Gasteiger partial charge in [0.05, 0.1) is 25.9 Å². The quantitative estimate of drug-likeness (QED) is 0.0611. The Bertz CT molecular complexity index is 2080. The molecule has 12 N–H and O–H groups in total. The third-order valence-electron chi connectivity index (χ3n) is 7.78. The summed E-state index contributed by atoms with van der Waals surface area (Å²) in [6.45, 7) is -2.36. The number of imidazole rings is 2. The highest BCUT2D eigenvalue weighted by molar-refractivity contribution is 7.77. The average Bonchev–Trinajstić information content (AvgIpc) is 3.84. The molecule has 2 aliphatic heterocycles. The Morgan fingerprint density at radius 1 is 0.667 bits per heavy atom. The molecule has 2 fully saturated rings. The molecule has 4 aromatic rings. The van der Waals surface area contributed by atoms with Crippen LogP contribution in [0.25, 0.3) is 22.3 Å². The summed E-state index contributed by atoms with van der Waals surface area (Å²) < 4.78 is 94.8. The summed E-state index contributed by atoms with van der Waals surface area (Å²) in [4.78, 5) is 63.3. The van der Waals surface area contributed by atoms with Gasteiger partial charge >= 0.3 is 36.5 Å². The summed E-state index contributed by atoms with van der Waals surface area (Å²) >= 11 is 0. The molecule has 33 heteroatoms. The van der Waals surface area contributed by atoms with Gasteiger partial charge < -0.3 is 60.9 Å². The average molecular weight is 852 g/mol. The van der Waals surface area contributed by atoms with Gasteiger partial charge in [-0.05, 0) is 0 Å². The summed E-state index contributed by atoms with van der Waals surface area (Å²) in [6, 6.07) is 0. The van der Waals surface area contributed by atoms with Crippen LogP contribution in [0.1, 0.15) is 12.5 Å². The second-order valence-electron chi connectivity index (χ2n) is 11.4. The Kier molecular flexibility index (Phi) is 11.2. The Morgan fingerprint density at radius 2 is 1.04 bits per heavy atom. The van der Waals surface area contributed by atoms with E-state index >= 15 is 0 Å². The molecule has 2 saturated heterocycles. The fraction of sp³-hybridized carbons (Fsp3) is 0.524. The minimum Gasteiger partial charge on any atom is -0.387 e. The number of nitrogens with zero attached hydrogens (tertiary/aromatic N) is 8. The van der Waals surface area contributed by atoms with Crippen molar-refractivity contribution in [3.63, 3.8) is 0 Å². The third-order valence-corrected chi connectivity index (χ3v) is 15.1. The molecule has 2 aliphatic rings. The van der Waals surface area contributed by atoms with Crippen LogP contribution in [-0.2, 0) is 45.4 Å². The maximum atomic E-state index is 15.0. The summed E-state index contributed by atoms with van der Waals surface area (Å²) in [7, 11) is -24.7. The van der Waals surface area contributed by atoms with Crippen molar-refractivity contribution in [3.8, 4) is 0 Å². The summed E-state index contributed by atoms with van der Waals surface area (Å²) in [5.41, 5.74) is 7.54. The van der Waals surface area contributed by atoms with Crippen LogP contribution in [0.5, 0.6) is 0 Å². The van der Waals surface area contributed by atoms with E-state index in [0.29, 0.717) is 0 Å². The minimum atomic E-state index is -6.45. The van der Waals surface area contributed by atoms with Gasteiger partial charge in [0.1, 0.15) is 60.3 Å². The van der Waals surface area contributed by atoms with Crippen molar-refractivity contribution >= 4 is 64.8 Å². The minimum absolute atomic E-state index is 0.0337. The molecule has 12 atom stereocenters. The van der Waals surface area contributed by atoms with Crippen LogP contribution in [0.4, 0.5) is 16.0 Å².